The van der Waals surface area contributed by atoms with E-state index in [1.54, 1.807) is 30.5 Å². The van der Waals surface area contributed by atoms with Crippen molar-refractivity contribution in [3.63, 3.8) is 0 Å². The van der Waals surface area contributed by atoms with Crippen LogP contribution in [0.25, 0.3) is 10.9 Å². The molecule has 0 aliphatic rings. The van der Waals surface area contributed by atoms with E-state index in [9.17, 15) is 8.78 Å². The minimum atomic E-state index is -0.458. The van der Waals surface area contributed by atoms with E-state index in [1.807, 2.05) is 0 Å². The molecule has 1 heterocycles. The van der Waals surface area contributed by atoms with Crippen LogP contribution in [0.3, 0.4) is 0 Å². The first kappa shape index (κ1) is 13.3. The van der Waals surface area contributed by atoms with Gasteiger partial charge >= 0.3 is 0 Å². The highest BCUT2D eigenvalue weighted by Gasteiger charge is 2.11. The van der Waals surface area contributed by atoms with Crippen molar-refractivity contribution in [1.29, 1.82) is 0 Å². The van der Waals surface area contributed by atoms with Crippen molar-refractivity contribution >= 4 is 22.3 Å². The molecule has 0 bridgehead atoms. The van der Waals surface area contributed by atoms with Crippen LogP contribution in [0.15, 0.2) is 48.7 Å². The summed E-state index contributed by atoms with van der Waals surface area (Å²) in [4.78, 5) is 4.19. The lowest BCUT2D eigenvalue weighted by Crippen LogP contribution is -2.04. The van der Waals surface area contributed by atoms with Crippen molar-refractivity contribution in [3.8, 4) is 0 Å². The summed E-state index contributed by atoms with van der Waals surface area (Å²) < 4.78 is 27.0. The summed E-state index contributed by atoms with van der Waals surface area (Å²) in [6.07, 6.45) is 1.59. The molecule has 0 aliphatic heterocycles. The zero-order chi connectivity index (χ0) is 14.8. The highest BCUT2D eigenvalue weighted by atomic mass is 19.1. The third-order valence-electron chi connectivity index (χ3n) is 3.26. The number of fused-ring (bicyclic) bond motifs is 1. The summed E-state index contributed by atoms with van der Waals surface area (Å²) in [5, 5.41) is 3.70. The van der Waals surface area contributed by atoms with Gasteiger partial charge in [-0.1, -0.05) is 12.1 Å². The van der Waals surface area contributed by atoms with Gasteiger partial charge in [0, 0.05) is 23.8 Å². The fraction of sp³-hybridized carbons (Fsp3) is 0.0625. The van der Waals surface area contributed by atoms with E-state index in [2.05, 4.69) is 10.3 Å². The Morgan fingerprint density at radius 3 is 2.62 bits per heavy atom. The van der Waals surface area contributed by atoms with Crippen LogP contribution in [0.5, 0.6) is 0 Å². The van der Waals surface area contributed by atoms with Gasteiger partial charge in [-0.3, -0.25) is 4.98 Å². The largest absolute Gasteiger partial charge is 0.398 e. The van der Waals surface area contributed by atoms with Gasteiger partial charge in [-0.15, -0.1) is 0 Å². The van der Waals surface area contributed by atoms with Crippen molar-refractivity contribution in [2.75, 3.05) is 11.1 Å². The van der Waals surface area contributed by atoms with Gasteiger partial charge < -0.3 is 11.1 Å². The maximum Gasteiger partial charge on any atom is 0.150 e. The van der Waals surface area contributed by atoms with Crippen molar-refractivity contribution in [1.82, 2.24) is 4.98 Å². The number of halogens is 2. The Kier molecular flexibility index (Phi) is 3.39. The number of hydrogen-bond acceptors (Lipinski definition) is 3. The molecule has 0 saturated carbocycles. The second-order valence-corrected chi connectivity index (χ2v) is 4.70. The Morgan fingerprint density at radius 2 is 1.86 bits per heavy atom. The van der Waals surface area contributed by atoms with Gasteiger partial charge in [0.25, 0.3) is 0 Å². The molecule has 0 radical (unpaired) electrons. The molecule has 0 amide bonds. The number of rotatable bonds is 3. The first-order valence-corrected chi connectivity index (χ1v) is 6.46. The highest BCUT2D eigenvalue weighted by molar-refractivity contribution is 5.98. The number of hydrogen-bond donors (Lipinski definition) is 2. The normalized spacial score (nSPS) is 10.8. The molecule has 0 spiro atoms. The van der Waals surface area contributed by atoms with E-state index in [4.69, 9.17) is 5.73 Å². The standard InChI is InChI=1S/C16H13F2N3/c17-11-5-3-10(4-6-11)9-21-16-13(18)8-14(19)12-2-1-7-20-15(12)16/h1-8,21H,9,19H2. The molecule has 3 N–H and O–H groups in total. The van der Waals surface area contributed by atoms with Gasteiger partial charge in [-0.25, -0.2) is 8.78 Å². The predicted octanol–water partition coefficient (Wildman–Crippen LogP) is 3.71. The fourth-order valence-electron chi connectivity index (χ4n) is 2.20. The van der Waals surface area contributed by atoms with E-state index in [1.165, 1.54) is 18.2 Å². The number of nitrogens with two attached hydrogens (primary N) is 1. The lowest BCUT2D eigenvalue weighted by Gasteiger charge is -2.12. The van der Waals surface area contributed by atoms with Crippen molar-refractivity contribution in [3.05, 3.63) is 65.9 Å². The van der Waals surface area contributed by atoms with Gasteiger partial charge in [0.05, 0.1) is 11.2 Å². The molecule has 106 valence electrons. The maximum absolute atomic E-state index is 14.1. The second-order valence-electron chi connectivity index (χ2n) is 4.70. The number of nitrogens with one attached hydrogen (secondary N) is 1. The van der Waals surface area contributed by atoms with Crippen LogP contribution in [-0.2, 0) is 6.54 Å². The van der Waals surface area contributed by atoms with E-state index < -0.39 is 5.82 Å². The summed E-state index contributed by atoms with van der Waals surface area (Å²) in [5.74, 6) is -0.759. The summed E-state index contributed by atoms with van der Waals surface area (Å²) in [6.45, 7) is 0.368. The summed E-state index contributed by atoms with van der Waals surface area (Å²) in [5.41, 5.74) is 7.77. The molecule has 0 aliphatic carbocycles. The second kappa shape index (κ2) is 5.36. The third kappa shape index (κ3) is 2.63. The summed E-state index contributed by atoms with van der Waals surface area (Å²) in [7, 11) is 0. The monoisotopic (exact) mass is 285 g/mol. The van der Waals surface area contributed by atoms with Gasteiger partial charge in [0.2, 0.25) is 0 Å². The minimum Gasteiger partial charge on any atom is -0.398 e. The molecular weight excluding hydrogens is 272 g/mol. The number of benzene rings is 2. The van der Waals surface area contributed by atoms with Crippen molar-refractivity contribution in [2.45, 2.75) is 6.54 Å². The predicted molar refractivity (Wildman–Crippen MR) is 79.8 cm³/mol. The Labute approximate surface area is 120 Å². The zero-order valence-corrected chi connectivity index (χ0v) is 11.1. The number of anilines is 2. The summed E-state index contributed by atoms with van der Waals surface area (Å²) in [6, 6.07) is 10.8. The van der Waals surface area contributed by atoms with Crippen molar-refractivity contribution < 1.29 is 8.78 Å². The fourth-order valence-corrected chi connectivity index (χ4v) is 2.20. The van der Waals surface area contributed by atoms with E-state index >= 15 is 0 Å². The van der Waals surface area contributed by atoms with Gasteiger partial charge in [-0.05, 0) is 35.9 Å². The Hall–Kier alpha value is -2.69. The molecule has 0 fully saturated rings. The Morgan fingerprint density at radius 1 is 1.10 bits per heavy atom. The molecule has 3 nitrogen and oxygen atoms in total. The van der Waals surface area contributed by atoms with Crippen LogP contribution in [0.2, 0.25) is 0 Å². The average molecular weight is 285 g/mol. The molecule has 21 heavy (non-hydrogen) atoms. The number of pyridine rings is 1. The van der Waals surface area contributed by atoms with Crippen LogP contribution >= 0.6 is 0 Å². The van der Waals surface area contributed by atoms with Gasteiger partial charge in [0.15, 0.2) is 5.82 Å². The Bertz CT molecular complexity index is 785. The van der Waals surface area contributed by atoms with Crippen LogP contribution in [0.4, 0.5) is 20.2 Å². The first-order valence-electron chi connectivity index (χ1n) is 6.46. The summed E-state index contributed by atoms with van der Waals surface area (Å²) >= 11 is 0. The maximum atomic E-state index is 14.1. The zero-order valence-electron chi connectivity index (χ0n) is 11.1. The molecule has 0 saturated heterocycles. The topological polar surface area (TPSA) is 50.9 Å². The van der Waals surface area contributed by atoms with E-state index in [-0.39, 0.29) is 5.82 Å². The van der Waals surface area contributed by atoms with Crippen molar-refractivity contribution in [2.24, 2.45) is 0 Å². The Balaban J connectivity index is 1.95. The number of aromatic nitrogens is 1. The quantitative estimate of drug-likeness (QED) is 0.721. The molecule has 0 atom stereocenters. The highest BCUT2D eigenvalue weighted by Crippen LogP contribution is 2.29. The first-order chi connectivity index (χ1) is 10.1. The van der Waals surface area contributed by atoms with Gasteiger partial charge in [-0.2, -0.15) is 0 Å². The molecule has 3 aromatic rings. The van der Waals surface area contributed by atoms with Crippen LogP contribution in [0.1, 0.15) is 5.56 Å². The molecule has 0 unspecified atom stereocenters. The van der Waals surface area contributed by atoms with Crippen LogP contribution in [-0.4, -0.2) is 4.98 Å². The molecular formula is C16H13F2N3. The van der Waals surface area contributed by atoms with Crippen LogP contribution < -0.4 is 11.1 Å². The minimum absolute atomic E-state index is 0.295. The molecule has 3 rings (SSSR count). The lowest BCUT2D eigenvalue weighted by atomic mass is 10.1. The average Bonchev–Trinajstić information content (AvgIpc) is 2.49. The van der Waals surface area contributed by atoms with Gasteiger partial charge in [0.1, 0.15) is 5.82 Å². The smallest absolute Gasteiger partial charge is 0.150 e. The van der Waals surface area contributed by atoms with E-state index in [0.717, 1.165) is 5.56 Å². The van der Waals surface area contributed by atoms with Crippen LogP contribution in [0, 0.1) is 11.6 Å². The lowest BCUT2D eigenvalue weighted by molar-refractivity contribution is 0.626. The molecule has 5 heteroatoms. The molecule has 1 aromatic heterocycles. The SMILES string of the molecule is Nc1cc(F)c(NCc2ccc(F)cc2)c2ncccc12. The third-order valence-corrected chi connectivity index (χ3v) is 3.26. The number of nitrogens with zero attached hydrogens (tertiary/aromatic N) is 1. The molecule has 2 aromatic carbocycles. The number of nitrogen functional groups attached to an aromatic ring is 1. The van der Waals surface area contributed by atoms with E-state index in [0.29, 0.717) is 28.8 Å².